The minimum atomic E-state index is -0.632. The number of hydrogen-bond acceptors (Lipinski definition) is 6. The fourth-order valence-corrected chi connectivity index (χ4v) is 6.73. The van der Waals surface area contributed by atoms with Crippen LogP contribution in [0.1, 0.15) is 69.3 Å². The molecule has 2 unspecified atom stereocenters. The van der Waals surface area contributed by atoms with Gasteiger partial charge in [-0.15, -0.1) is 0 Å². The summed E-state index contributed by atoms with van der Waals surface area (Å²) in [5.41, 5.74) is 6.08. The highest BCUT2D eigenvalue weighted by Crippen LogP contribution is 2.38. The lowest BCUT2D eigenvalue weighted by atomic mass is 9.87. The van der Waals surface area contributed by atoms with E-state index in [0.717, 1.165) is 44.4 Å². The van der Waals surface area contributed by atoms with E-state index >= 15 is 0 Å². The number of urea groups is 1. The Bertz CT molecular complexity index is 1560. The molecule has 5 heterocycles. The first-order valence-corrected chi connectivity index (χ1v) is 15.2. The van der Waals surface area contributed by atoms with E-state index in [2.05, 4.69) is 35.1 Å². The zero-order chi connectivity index (χ0) is 30.7. The molecular formula is C33H43N5O5. The van der Waals surface area contributed by atoms with Crippen molar-refractivity contribution in [2.75, 3.05) is 32.8 Å². The summed E-state index contributed by atoms with van der Waals surface area (Å²) >= 11 is 0. The minimum Gasteiger partial charge on any atom is -0.444 e. The van der Waals surface area contributed by atoms with Crippen LogP contribution in [0, 0.1) is 6.92 Å². The fourth-order valence-electron chi connectivity index (χ4n) is 6.73. The largest absolute Gasteiger partial charge is 0.444 e. The summed E-state index contributed by atoms with van der Waals surface area (Å²) in [6.07, 6.45) is 4.18. The van der Waals surface area contributed by atoms with E-state index in [1.165, 1.54) is 0 Å². The molecule has 2 N–H and O–H groups in total. The number of fused-ring (bicyclic) bond motifs is 2. The molecule has 3 aromatic rings. The highest BCUT2D eigenvalue weighted by atomic mass is 16.6. The van der Waals surface area contributed by atoms with Gasteiger partial charge in [0.2, 0.25) is 0 Å². The Morgan fingerprint density at radius 2 is 1.95 bits per heavy atom. The first kappa shape index (κ1) is 29.4. The van der Waals surface area contributed by atoms with E-state index in [1.54, 1.807) is 9.80 Å². The van der Waals surface area contributed by atoms with E-state index in [4.69, 9.17) is 9.47 Å². The number of pyridine rings is 1. The van der Waals surface area contributed by atoms with E-state index in [1.807, 2.05) is 51.9 Å². The number of carbonyl (C=O) groups excluding carboxylic acids is 2. The number of aliphatic hydroxyl groups is 1. The molecule has 3 amide bonds. The summed E-state index contributed by atoms with van der Waals surface area (Å²) in [7, 11) is 0. The van der Waals surface area contributed by atoms with E-state index in [-0.39, 0.29) is 18.2 Å². The molecule has 43 heavy (non-hydrogen) atoms. The summed E-state index contributed by atoms with van der Waals surface area (Å²) in [6.45, 7) is 14.2. The van der Waals surface area contributed by atoms with Crippen LogP contribution < -0.4 is 0 Å². The highest BCUT2D eigenvalue weighted by molar-refractivity contribution is 5.85. The standard InChI is InChI=1S/C33H43N5O5/c1-20-15-34-29-25(20)13-23(16-35-29)22-11-21-7-8-36(30(40)38-17-24(39)14-33(38,5)6)18-27(21)26(12-22)28-19-42-10-9-37(28)31(41)43-32(2,3)4/h11-13,15-16,24,28,39H,7-10,14,17-19H2,1-6H3,(H,34,35). The summed E-state index contributed by atoms with van der Waals surface area (Å²) in [6, 6.07) is 6.06. The summed E-state index contributed by atoms with van der Waals surface area (Å²) in [5.74, 6) is 0. The van der Waals surface area contributed by atoms with Gasteiger partial charge in [0.25, 0.3) is 0 Å². The van der Waals surface area contributed by atoms with Crippen LogP contribution in [-0.4, -0.2) is 92.0 Å². The number of amides is 3. The monoisotopic (exact) mass is 589 g/mol. The van der Waals surface area contributed by atoms with Gasteiger partial charge in [-0.05, 0) is 94.3 Å². The van der Waals surface area contributed by atoms with Gasteiger partial charge in [0.15, 0.2) is 0 Å². The molecule has 0 aliphatic carbocycles. The van der Waals surface area contributed by atoms with Crippen molar-refractivity contribution < 1.29 is 24.2 Å². The van der Waals surface area contributed by atoms with Crippen molar-refractivity contribution in [1.29, 1.82) is 0 Å². The van der Waals surface area contributed by atoms with Crippen molar-refractivity contribution in [1.82, 2.24) is 24.7 Å². The number of aryl methyl sites for hydroxylation is 1. The Labute approximate surface area is 253 Å². The van der Waals surface area contributed by atoms with Crippen molar-refractivity contribution in [3.05, 3.63) is 52.8 Å². The number of β-amino-alcohol motifs (C(OH)–C–C–N with tert-alkyl or cyclic N) is 1. The quantitative estimate of drug-likeness (QED) is 0.427. The maximum atomic E-state index is 13.8. The second-order valence-electron chi connectivity index (χ2n) is 13.8. The number of aliphatic hydroxyl groups excluding tert-OH is 1. The SMILES string of the molecule is Cc1c[nH]c2ncc(-c3cc4c(c(C5COCCN5C(=O)OC(C)(C)C)c3)CN(C(=O)N3CC(O)CC3(C)C)CC4)cc12. The predicted molar refractivity (Wildman–Crippen MR) is 164 cm³/mol. The molecule has 230 valence electrons. The number of ether oxygens (including phenoxy) is 2. The highest BCUT2D eigenvalue weighted by Gasteiger charge is 2.43. The Morgan fingerprint density at radius 1 is 1.16 bits per heavy atom. The average Bonchev–Trinajstić information content (AvgIpc) is 3.47. The molecule has 10 nitrogen and oxygen atoms in total. The van der Waals surface area contributed by atoms with Crippen molar-refractivity contribution in [3.63, 3.8) is 0 Å². The minimum absolute atomic E-state index is 0.0660. The van der Waals surface area contributed by atoms with Crippen molar-refractivity contribution in [2.45, 2.75) is 84.2 Å². The van der Waals surface area contributed by atoms with Gasteiger partial charge in [0.1, 0.15) is 11.2 Å². The maximum absolute atomic E-state index is 13.8. The third-order valence-electron chi connectivity index (χ3n) is 8.92. The van der Waals surface area contributed by atoms with Gasteiger partial charge < -0.3 is 29.4 Å². The molecule has 2 saturated heterocycles. The van der Waals surface area contributed by atoms with Gasteiger partial charge in [0.05, 0.1) is 25.4 Å². The van der Waals surface area contributed by atoms with Gasteiger partial charge >= 0.3 is 12.1 Å². The third-order valence-corrected chi connectivity index (χ3v) is 8.92. The number of H-pyrrole nitrogens is 1. The molecule has 3 aliphatic rings. The predicted octanol–water partition coefficient (Wildman–Crippen LogP) is 5.17. The van der Waals surface area contributed by atoms with Crippen LogP contribution in [0.15, 0.2) is 30.6 Å². The first-order valence-electron chi connectivity index (χ1n) is 15.2. The topological polar surface area (TPSA) is 111 Å². The van der Waals surface area contributed by atoms with Crippen molar-refractivity contribution in [2.24, 2.45) is 0 Å². The molecule has 0 saturated carbocycles. The summed E-state index contributed by atoms with van der Waals surface area (Å²) in [4.78, 5) is 40.6. The van der Waals surface area contributed by atoms with Crippen LogP contribution in [-0.2, 0) is 22.4 Å². The van der Waals surface area contributed by atoms with Crippen LogP contribution in [0.5, 0.6) is 0 Å². The second kappa shape index (κ2) is 10.8. The smallest absolute Gasteiger partial charge is 0.410 e. The number of carbonyl (C=O) groups is 2. The summed E-state index contributed by atoms with van der Waals surface area (Å²) in [5, 5.41) is 11.4. The van der Waals surface area contributed by atoms with Crippen molar-refractivity contribution in [3.8, 4) is 11.1 Å². The number of nitrogens with one attached hydrogen (secondary N) is 1. The lowest BCUT2D eigenvalue weighted by molar-refractivity contribution is -0.0334. The van der Waals surface area contributed by atoms with E-state index in [9.17, 15) is 14.7 Å². The van der Waals surface area contributed by atoms with Crippen LogP contribution >= 0.6 is 0 Å². The first-order chi connectivity index (χ1) is 20.3. The summed E-state index contributed by atoms with van der Waals surface area (Å²) < 4.78 is 11.8. The molecule has 2 atom stereocenters. The molecule has 1 aromatic carbocycles. The molecule has 0 spiro atoms. The van der Waals surface area contributed by atoms with Gasteiger partial charge in [-0.2, -0.15) is 0 Å². The molecule has 3 aliphatic heterocycles. The van der Waals surface area contributed by atoms with E-state index in [0.29, 0.717) is 52.2 Å². The van der Waals surface area contributed by atoms with Crippen LogP contribution in [0.25, 0.3) is 22.2 Å². The van der Waals surface area contributed by atoms with Gasteiger partial charge in [-0.3, -0.25) is 4.90 Å². The zero-order valence-corrected chi connectivity index (χ0v) is 26.1. The number of nitrogens with zero attached hydrogens (tertiary/aromatic N) is 4. The number of likely N-dealkylation sites (tertiary alicyclic amines) is 1. The van der Waals surface area contributed by atoms with E-state index < -0.39 is 17.2 Å². The van der Waals surface area contributed by atoms with Gasteiger partial charge in [-0.25, -0.2) is 14.6 Å². The Hall–Kier alpha value is -3.63. The van der Waals surface area contributed by atoms with Crippen molar-refractivity contribution >= 4 is 23.2 Å². The Balaban J connectivity index is 1.42. The zero-order valence-electron chi connectivity index (χ0n) is 26.1. The molecule has 6 rings (SSSR count). The number of aromatic amines is 1. The molecule has 0 radical (unpaired) electrons. The number of aromatic nitrogens is 2. The Kier molecular flexibility index (Phi) is 7.41. The van der Waals surface area contributed by atoms with Crippen LogP contribution in [0.4, 0.5) is 9.59 Å². The normalized spacial score (nSPS) is 22.2. The number of rotatable bonds is 2. The Morgan fingerprint density at radius 3 is 2.67 bits per heavy atom. The van der Waals surface area contributed by atoms with Crippen LogP contribution in [0.3, 0.4) is 0 Å². The molecule has 10 heteroatoms. The lowest BCUT2D eigenvalue weighted by Gasteiger charge is -2.41. The number of morpholine rings is 1. The number of benzene rings is 1. The van der Waals surface area contributed by atoms with Gasteiger partial charge in [0, 0.05) is 55.1 Å². The maximum Gasteiger partial charge on any atom is 0.410 e. The van der Waals surface area contributed by atoms with Crippen LogP contribution in [0.2, 0.25) is 0 Å². The molecular weight excluding hydrogens is 546 g/mol. The molecule has 0 bridgehead atoms. The molecule has 2 aromatic heterocycles. The number of hydrogen-bond donors (Lipinski definition) is 2. The molecule has 2 fully saturated rings. The fraction of sp³-hybridized carbons (Fsp3) is 0.545. The lowest BCUT2D eigenvalue weighted by Crippen LogP contribution is -2.51. The average molecular weight is 590 g/mol. The second-order valence-corrected chi connectivity index (χ2v) is 13.8. The van der Waals surface area contributed by atoms with Gasteiger partial charge in [-0.1, -0.05) is 6.07 Å². The third kappa shape index (κ3) is 5.70.